The first-order valence-electron chi connectivity index (χ1n) is 9.76. The summed E-state index contributed by atoms with van der Waals surface area (Å²) in [5.74, 6) is 0.679. The molecule has 142 valence electrons. The average Bonchev–Trinajstić information content (AvgIpc) is 3.05. The number of amides is 2. The second kappa shape index (κ2) is 7.55. The maximum atomic E-state index is 12.4. The number of hydrogen-bond acceptors (Lipinski definition) is 3. The molecule has 2 N–H and O–H groups in total. The summed E-state index contributed by atoms with van der Waals surface area (Å²) in [6.07, 6.45) is 8.97. The molecule has 6 heteroatoms. The predicted molar refractivity (Wildman–Crippen MR) is 103 cm³/mol. The van der Waals surface area contributed by atoms with Gasteiger partial charge in [-0.05, 0) is 48.4 Å². The summed E-state index contributed by atoms with van der Waals surface area (Å²) in [6, 6.07) is 7.73. The number of nitrogens with zero attached hydrogens (tertiary/aromatic N) is 2. The van der Waals surface area contributed by atoms with Crippen LogP contribution < -0.4 is 10.6 Å². The molecular weight excluding hydrogens is 340 g/mol. The van der Waals surface area contributed by atoms with Gasteiger partial charge in [0.1, 0.15) is 0 Å². The maximum absolute atomic E-state index is 12.4. The molecule has 2 atom stereocenters. The highest BCUT2D eigenvalue weighted by Crippen LogP contribution is 2.47. The molecule has 2 fully saturated rings. The van der Waals surface area contributed by atoms with E-state index in [9.17, 15) is 9.59 Å². The molecule has 2 unspecified atom stereocenters. The van der Waals surface area contributed by atoms with E-state index >= 15 is 0 Å². The number of benzene rings is 1. The van der Waals surface area contributed by atoms with E-state index in [-0.39, 0.29) is 29.6 Å². The Morgan fingerprint density at radius 2 is 2.04 bits per heavy atom. The molecule has 0 radical (unpaired) electrons. The number of anilines is 1. The molecule has 0 spiro atoms. The van der Waals surface area contributed by atoms with Gasteiger partial charge in [-0.25, -0.2) is 0 Å². The lowest BCUT2D eigenvalue weighted by Crippen LogP contribution is -2.25. The molecular formula is C21H26N4O2. The van der Waals surface area contributed by atoms with Gasteiger partial charge in [-0.1, -0.05) is 25.0 Å². The fourth-order valence-electron chi connectivity index (χ4n) is 4.00. The molecule has 1 aromatic heterocycles. The first-order valence-corrected chi connectivity index (χ1v) is 9.76. The van der Waals surface area contributed by atoms with Crippen molar-refractivity contribution in [3.8, 4) is 0 Å². The summed E-state index contributed by atoms with van der Waals surface area (Å²) in [5.41, 5.74) is 2.93. The Morgan fingerprint density at radius 3 is 2.78 bits per heavy atom. The Labute approximate surface area is 159 Å². The van der Waals surface area contributed by atoms with E-state index in [2.05, 4.69) is 15.7 Å². The van der Waals surface area contributed by atoms with E-state index in [1.54, 1.807) is 4.68 Å². The van der Waals surface area contributed by atoms with Gasteiger partial charge in [0.2, 0.25) is 11.8 Å². The first-order chi connectivity index (χ1) is 13.1. The molecule has 2 amide bonds. The minimum absolute atomic E-state index is 0.0412. The first kappa shape index (κ1) is 17.8. The van der Waals surface area contributed by atoms with Crippen LogP contribution in [0.15, 0.2) is 36.7 Å². The summed E-state index contributed by atoms with van der Waals surface area (Å²) in [7, 11) is 1.89. The lowest BCUT2D eigenvalue weighted by Gasteiger charge is -2.12. The van der Waals surface area contributed by atoms with Crippen LogP contribution in [-0.2, 0) is 23.2 Å². The monoisotopic (exact) mass is 366 g/mol. The highest BCUT2D eigenvalue weighted by atomic mass is 16.2. The highest BCUT2D eigenvalue weighted by Gasteiger charge is 2.44. The Bertz CT molecular complexity index is 838. The van der Waals surface area contributed by atoms with E-state index in [1.165, 1.54) is 0 Å². The zero-order valence-corrected chi connectivity index (χ0v) is 15.6. The fraction of sp³-hybridized carbons (Fsp3) is 0.476. The number of aromatic nitrogens is 2. The van der Waals surface area contributed by atoms with Crippen molar-refractivity contribution in [2.45, 2.75) is 44.6 Å². The average molecular weight is 366 g/mol. The van der Waals surface area contributed by atoms with E-state index in [1.807, 2.05) is 43.7 Å². The van der Waals surface area contributed by atoms with Crippen molar-refractivity contribution in [2.75, 3.05) is 5.32 Å². The highest BCUT2D eigenvalue weighted by molar-refractivity contribution is 5.92. The predicted octanol–water partition coefficient (Wildman–Crippen LogP) is 2.97. The Balaban J connectivity index is 1.28. The van der Waals surface area contributed by atoms with Crippen LogP contribution in [0.2, 0.25) is 0 Å². The molecule has 6 nitrogen and oxygen atoms in total. The van der Waals surface area contributed by atoms with Crippen molar-refractivity contribution in [1.29, 1.82) is 0 Å². The Hall–Kier alpha value is -2.63. The lowest BCUT2D eigenvalue weighted by atomic mass is 10.1. The van der Waals surface area contributed by atoms with E-state index < -0.39 is 0 Å². The molecule has 2 aliphatic carbocycles. The number of rotatable bonds is 6. The van der Waals surface area contributed by atoms with Crippen LogP contribution in [0.5, 0.6) is 0 Å². The zero-order chi connectivity index (χ0) is 18.8. The van der Waals surface area contributed by atoms with Crippen molar-refractivity contribution in [2.24, 2.45) is 18.9 Å². The van der Waals surface area contributed by atoms with Gasteiger partial charge >= 0.3 is 0 Å². The summed E-state index contributed by atoms with van der Waals surface area (Å²) in [4.78, 5) is 24.7. The lowest BCUT2D eigenvalue weighted by molar-refractivity contribution is -0.122. The SMILES string of the molecule is Cn1cc(C2CC2C(=O)NCc2cccc(NC(=O)C3CCCC3)c2)cn1. The van der Waals surface area contributed by atoms with Crippen LogP contribution in [0.4, 0.5) is 5.69 Å². The second-order valence-electron chi connectivity index (χ2n) is 7.78. The van der Waals surface area contributed by atoms with Crippen LogP contribution in [0.1, 0.15) is 49.1 Å². The van der Waals surface area contributed by atoms with Gasteiger partial charge in [0.15, 0.2) is 0 Å². The third-order valence-electron chi connectivity index (χ3n) is 5.67. The maximum Gasteiger partial charge on any atom is 0.227 e. The fourth-order valence-corrected chi connectivity index (χ4v) is 4.00. The van der Waals surface area contributed by atoms with Crippen LogP contribution >= 0.6 is 0 Å². The van der Waals surface area contributed by atoms with Gasteiger partial charge in [-0.15, -0.1) is 0 Å². The number of carbonyl (C=O) groups is 2. The molecule has 1 aromatic carbocycles. The van der Waals surface area contributed by atoms with E-state index in [0.717, 1.165) is 48.9 Å². The van der Waals surface area contributed by atoms with Crippen molar-refractivity contribution in [3.63, 3.8) is 0 Å². The van der Waals surface area contributed by atoms with Crippen LogP contribution in [0.3, 0.4) is 0 Å². The van der Waals surface area contributed by atoms with Gasteiger partial charge in [0, 0.05) is 37.3 Å². The molecule has 0 saturated heterocycles. The molecule has 2 saturated carbocycles. The van der Waals surface area contributed by atoms with Gasteiger partial charge in [0.05, 0.1) is 6.20 Å². The van der Waals surface area contributed by atoms with Crippen molar-refractivity contribution < 1.29 is 9.59 Å². The number of hydrogen-bond donors (Lipinski definition) is 2. The van der Waals surface area contributed by atoms with Crippen molar-refractivity contribution >= 4 is 17.5 Å². The van der Waals surface area contributed by atoms with Gasteiger partial charge in [-0.2, -0.15) is 5.10 Å². The largest absolute Gasteiger partial charge is 0.352 e. The molecule has 0 aliphatic heterocycles. The molecule has 4 rings (SSSR count). The quantitative estimate of drug-likeness (QED) is 0.825. The van der Waals surface area contributed by atoms with Gasteiger partial charge in [-0.3, -0.25) is 14.3 Å². The molecule has 1 heterocycles. The van der Waals surface area contributed by atoms with E-state index in [0.29, 0.717) is 6.54 Å². The second-order valence-corrected chi connectivity index (χ2v) is 7.78. The topological polar surface area (TPSA) is 76.0 Å². The third-order valence-corrected chi connectivity index (χ3v) is 5.67. The van der Waals surface area contributed by atoms with Gasteiger partial charge < -0.3 is 10.6 Å². The normalized spacial score (nSPS) is 21.8. The van der Waals surface area contributed by atoms with Gasteiger partial charge in [0.25, 0.3) is 0 Å². The minimum Gasteiger partial charge on any atom is -0.352 e. The smallest absolute Gasteiger partial charge is 0.227 e. The van der Waals surface area contributed by atoms with Crippen LogP contribution in [0.25, 0.3) is 0 Å². The molecule has 27 heavy (non-hydrogen) atoms. The Morgan fingerprint density at radius 1 is 1.22 bits per heavy atom. The summed E-state index contributed by atoms with van der Waals surface area (Å²) >= 11 is 0. The van der Waals surface area contributed by atoms with Crippen LogP contribution in [-0.4, -0.2) is 21.6 Å². The number of carbonyl (C=O) groups excluding carboxylic acids is 2. The van der Waals surface area contributed by atoms with Crippen molar-refractivity contribution in [1.82, 2.24) is 15.1 Å². The Kier molecular flexibility index (Phi) is 4.97. The van der Waals surface area contributed by atoms with Crippen molar-refractivity contribution in [3.05, 3.63) is 47.8 Å². The zero-order valence-electron chi connectivity index (χ0n) is 15.6. The number of aryl methyl sites for hydroxylation is 1. The molecule has 2 aliphatic rings. The summed E-state index contributed by atoms with van der Waals surface area (Å²) in [5, 5.41) is 10.2. The number of nitrogens with one attached hydrogen (secondary N) is 2. The third kappa shape index (κ3) is 4.21. The minimum atomic E-state index is 0.0412. The van der Waals surface area contributed by atoms with Crippen LogP contribution in [0, 0.1) is 11.8 Å². The van der Waals surface area contributed by atoms with E-state index in [4.69, 9.17) is 0 Å². The molecule has 0 bridgehead atoms. The standard InChI is InChI=1S/C21H26N4O2/c1-25-13-16(12-23-25)18-10-19(18)21(27)22-11-14-5-4-8-17(9-14)24-20(26)15-6-2-3-7-15/h4-5,8-9,12-13,15,18-19H,2-3,6-7,10-11H2,1H3,(H,22,27)(H,24,26). The summed E-state index contributed by atoms with van der Waals surface area (Å²) in [6.45, 7) is 0.474. The summed E-state index contributed by atoms with van der Waals surface area (Å²) < 4.78 is 1.77. The molecule has 2 aromatic rings.